The first-order valence-electron chi connectivity index (χ1n) is 6.60. The molecule has 0 aromatic heterocycles. The normalized spacial score (nSPS) is 16.9. The van der Waals surface area contributed by atoms with E-state index in [1.165, 1.54) is 0 Å². The maximum Gasteiger partial charge on any atom is 0.258 e. The Bertz CT molecular complexity index is 474. The lowest BCUT2D eigenvalue weighted by Gasteiger charge is -2.29. The van der Waals surface area contributed by atoms with Crippen LogP contribution in [0.25, 0.3) is 0 Å². The number of ether oxygens (including phenoxy) is 1. The highest BCUT2D eigenvalue weighted by molar-refractivity contribution is 6.35. The highest BCUT2D eigenvalue weighted by Crippen LogP contribution is 2.27. The standard InChI is InChI=1S/C14H18Cl2N2O2/c1-18-6-4-11(5-7-18)17-14(19)9-20-13-3-2-10(15)8-12(13)16/h2-3,8,11H,4-7,9H2,1H3,(H,17,19). The number of rotatable bonds is 4. The lowest BCUT2D eigenvalue weighted by molar-refractivity contribution is -0.124. The molecule has 0 atom stereocenters. The van der Waals surface area contributed by atoms with Gasteiger partial charge in [-0.2, -0.15) is 0 Å². The Morgan fingerprint density at radius 2 is 2.10 bits per heavy atom. The molecule has 1 aliphatic rings. The monoisotopic (exact) mass is 316 g/mol. The molecule has 0 radical (unpaired) electrons. The molecule has 0 aliphatic carbocycles. The molecule has 1 aromatic carbocycles. The molecule has 1 heterocycles. The van der Waals surface area contributed by atoms with Crippen LogP contribution in [0.15, 0.2) is 18.2 Å². The third kappa shape index (κ3) is 4.54. The topological polar surface area (TPSA) is 41.6 Å². The minimum atomic E-state index is -0.120. The van der Waals surface area contributed by atoms with E-state index in [2.05, 4.69) is 17.3 Å². The lowest BCUT2D eigenvalue weighted by atomic mass is 10.1. The van der Waals surface area contributed by atoms with Crippen molar-refractivity contribution in [1.29, 1.82) is 0 Å². The maximum atomic E-state index is 11.8. The number of amides is 1. The number of piperidine rings is 1. The van der Waals surface area contributed by atoms with E-state index in [9.17, 15) is 4.79 Å². The molecule has 0 spiro atoms. The molecule has 4 nitrogen and oxygen atoms in total. The summed E-state index contributed by atoms with van der Waals surface area (Å²) in [5.74, 6) is 0.347. The van der Waals surface area contributed by atoms with E-state index < -0.39 is 0 Å². The quantitative estimate of drug-likeness (QED) is 0.928. The van der Waals surface area contributed by atoms with Crippen molar-refractivity contribution >= 4 is 29.1 Å². The van der Waals surface area contributed by atoms with Crippen LogP contribution in [0, 0.1) is 0 Å². The van der Waals surface area contributed by atoms with Crippen LogP contribution in [0.5, 0.6) is 5.75 Å². The van der Waals surface area contributed by atoms with Gasteiger partial charge in [-0.05, 0) is 51.2 Å². The molecule has 110 valence electrons. The van der Waals surface area contributed by atoms with Gasteiger partial charge < -0.3 is 15.0 Å². The van der Waals surface area contributed by atoms with Gasteiger partial charge in [-0.1, -0.05) is 23.2 Å². The smallest absolute Gasteiger partial charge is 0.258 e. The Morgan fingerprint density at radius 1 is 1.40 bits per heavy atom. The second-order valence-corrected chi connectivity index (χ2v) is 5.85. The number of likely N-dealkylation sites (tertiary alicyclic amines) is 1. The van der Waals surface area contributed by atoms with Gasteiger partial charge in [0, 0.05) is 11.1 Å². The summed E-state index contributed by atoms with van der Waals surface area (Å²) >= 11 is 11.8. The van der Waals surface area contributed by atoms with Gasteiger partial charge in [-0.15, -0.1) is 0 Å². The zero-order valence-corrected chi connectivity index (χ0v) is 12.9. The van der Waals surface area contributed by atoms with Gasteiger partial charge in [0.15, 0.2) is 6.61 Å². The molecule has 0 bridgehead atoms. The van der Waals surface area contributed by atoms with Crippen molar-refractivity contribution in [1.82, 2.24) is 10.2 Å². The molecule has 1 fully saturated rings. The van der Waals surface area contributed by atoms with Gasteiger partial charge in [0.2, 0.25) is 0 Å². The van der Waals surface area contributed by atoms with Crippen LogP contribution in [0.2, 0.25) is 10.0 Å². The zero-order chi connectivity index (χ0) is 14.5. The fraction of sp³-hybridized carbons (Fsp3) is 0.500. The maximum absolute atomic E-state index is 11.8. The second-order valence-electron chi connectivity index (χ2n) is 5.01. The Hall–Kier alpha value is -0.970. The molecule has 0 unspecified atom stereocenters. The summed E-state index contributed by atoms with van der Waals surface area (Å²) in [5, 5.41) is 3.93. The van der Waals surface area contributed by atoms with Crippen LogP contribution >= 0.6 is 23.2 Å². The first kappa shape index (κ1) is 15.4. The van der Waals surface area contributed by atoms with E-state index in [0.717, 1.165) is 25.9 Å². The van der Waals surface area contributed by atoms with Gasteiger partial charge in [-0.25, -0.2) is 0 Å². The molecule has 1 N–H and O–H groups in total. The summed E-state index contributed by atoms with van der Waals surface area (Å²) in [6, 6.07) is 5.17. The van der Waals surface area contributed by atoms with Crippen LogP contribution < -0.4 is 10.1 Å². The highest BCUT2D eigenvalue weighted by Gasteiger charge is 2.18. The minimum Gasteiger partial charge on any atom is -0.482 e. The molecule has 1 amide bonds. The number of benzene rings is 1. The molecule has 1 aliphatic heterocycles. The number of nitrogens with zero attached hydrogens (tertiary/aromatic N) is 1. The molecule has 20 heavy (non-hydrogen) atoms. The molecule has 0 saturated carbocycles. The summed E-state index contributed by atoms with van der Waals surface area (Å²) < 4.78 is 5.40. The van der Waals surface area contributed by atoms with E-state index in [-0.39, 0.29) is 18.6 Å². The van der Waals surface area contributed by atoms with Crippen molar-refractivity contribution in [3.05, 3.63) is 28.2 Å². The van der Waals surface area contributed by atoms with E-state index in [1.54, 1.807) is 18.2 Å². The van der Waals surface area contributed by atoms with Crippen LogP contribution in [0.4, 0.5) is 0 Å². The Labute approximate surface area is 129 Å². The fourth-order valence-corrected chi connectivity index (χ4v) is 2.62. The van der Waals surface area contributed by atoms with E-state index in [4.69, 9.17) is 27.9 Å². The van der Waals surface area contributed by atoms with Crippen LogP contribution in [0.1, 0.15) is 12.8 Å². The van der Waals surface area contributed by atoms with Crippen LogP contribution in [-0.4, -0.2) is 43.6 Å². The molecular weight excluding hydrogens is 299 g/mol. The lowest BCUT2D eigenvalue weighted by Crippen LogP contribution is -2.44. The van der Waals surface area contributed by atoms with E-state index in [1.807, 2.05) is 0 Å². The molecule has 2 rings (SSSR count). The Balaban J connectivity index is 1.77. The van der Waals surface area contributed by atoms with Crippen molar-refractivity contribution in [3.8, 4) is 5.75 Å². The number of halogens is 2. The first-order valence-corrected chi connectivity index (χ1v) is 7.36. The summed E-state index contributed by atoms with van der Waals surface area (Å²) in [7, 11) is 2.09. The van der Waals surface area contributed by atoms with Gasteiger partial charge in [0.25, 0.3) is 5.91 Å². The number of hydrogen-bond donors (Lipinski definition) is 1. The van der Waals surface area contributed by atoms with E-state index in [0.29, 0.717) is 15.8 Å². The third-order valence-electron chi connectivity index (χ3n) is 3.34. The van der Waals surface area contributed by atoms with E-state index >= 15 is 0 Å². The average molecular weight is 317 g/mol. The Morgan fingerprint density at radius 3 is 2.75 bits per heavy atom. The SMILES string of the molecule is CN1CCC(NC(=O)COc2ccc(Cl)cc2Cl)CC1. The zero-order valence-electron chi connectivity index (χ0n) is 11.4. The molecular formula is C14H18Cl2N2O2. The van der Waals surface area contributed by atoms with Crippen molar-refractivity contribution < 1.29 is 9.53 Å². The highest BCUT2D eigenvalue weighted by atomic mass is 35.5. The van der Waals surface area contributed by atoms with Gasteiger partial charge in [0.1, 0.15) is 5.75 Å². The molecule has 6 heteroatoms. The summed E-state index contributed by atoms with van der Waals surface area (Å²) in [6.45, 7) is 1.98. The number of carbonyl (C=O) groups excluding carboxylic acids is 1. The van der Waals surface area contributed by atoms with Crippen molar-refractivity contribution in [3.63, 3.8) is 0 Å². The summed E-state index contributed by atoms with van der Waals surface area (Å²) in [6.07, 6.45) is 1.95. The fourth-order valence-electron chi connectivity index (χ4n) is 2.16. The predicted octanol–water partition coefficient (Wildman–Crippen LogP) is 2.58. The second kappa shape index (κ2) is 7.16. The largest absolute Gasteiger partial charge is 0.482 e. The van der Waals surface area contributed by atoms with Crippen molar-refractivity contribution in [2.45, 2.75) is 18.9 Å². The molecule has 1 aromatic rings. The van der Waals surface area contributed by atoms with Crippen molar-refractivity contribution in [2.75, 3.05) is 26.7 Å². The average Bonchev–Trinajstić information content (AvgIpc) is 2.40. The summed E-state index contributed by atoms with van der Waals surface area (Å²) in [5.41, 5.74) is 0. The predicted molar refractivity (Wildman–Crippen MR) is 80.6 cm³/mol. The van der Waals surface area contributed by atoms with Crippen LogP contribution in [0.3, 0.4) is 0 Å². The number of carbonyl (C=O) groups is 1. The Kier molecular flexibility index (Phi) is 5.52. The van der Waals surface area contributed by atoms with Crippen LogP contribution in [-0.2, 0) is 4.79 Å². The van der Waals surface area contributed by atoms with Gasteiger partial charge in [0.05, 0.1) is 5.02 Å². The third-order valence-corrected chi connectivity index (χ3v) is 3.87. The summed E-state index contributed by atoms with van der Waals surface area (Å²) in [4.78, 5) is 14.1. The number of nitrogens with one attached hydrogen (secondary N) is 1. The van der Waals surface area contributed by atoms with Gasteiger partial charge in [-0.3, -0.25) is 4.79 Å². The van der Waals surface area contributed by atoms with Crippen molar-refractivity contribution in [2.24, 2.45) is 0 Å². The minimum absolute atomic E-state index is 0.0340. The number of hydrogen-bond acceptors (Lipinski definition) is 3. The molecule has 1 saturated heterocycles. The van der Waals surface area contributed by atoms with Gasteiger partial charge >= 0.3 is 0 Å². The first-order chi connectivity index (χ1) is 9.54.